The third-order valence-corrected chi connectivity index (χ3v) is 3.22. The van der Waals surface area contributed by atoms with Crippen LogP contribution in [-0.2, 0) is 13.5 Å². The van der Waals surface area contributed by atoms with Crippen molar-refractivity contribution in [1.29, 1.82) is 0 Å². The predicted molar refractivity (Wildman–Crippen MR) is 81.0 cm³/mol. The molecule has 0 radical (unpaired) electrons. The van der Waals surface area contributed by atoms with E-state index in [9.17, 15) is 9.90 Å². The topological polar surface area (TPSA) is 79.2 Å². The summed E-state index contributed by atoms with van der Waals surface area (Å²) >= 11 is 0. The van der Waals surface area contributed by atoms with E-state index in [0.717, 1.165) is 17.7 Å². The number of hydrogen-bond donors (Lipinski definition) is 3. The first kappa shape index (κ1) is 15.1. The maximum Gasteiger partial charge on any atom is 0.320 e. The summed E-state index contributed by atoms with van der Waals surface area (Å²) in [6, 6.07) is 10.4. The molecule has 0 aliphatic rings. The average molecular weight is 288 g/mol. The third kappa shape index (κ3) is 3.82. The molecular weight excluding hydrogens is 268 g/mol. The van der Waals surface area contributed by atoms with Gasteiger partial charge in [0.05, 0.1) is 18.3 Å². The molecule has 3 N–H and O–H groups in total. The van der Waals surface area contributed by atoms with Crippen molar-refractivity contribution in [3.63, 3.8) is 0 Å². The van der Waals surface area contributed by atoms with E-state index in [1.54, 1.807) is 11.7 Å². The second-order valence-electron chi connectivity index (χ2n) is 4.74. The van der Waals surface area contributed by atoms with Crippen LogP contribution < -0.4 is 10.6 Å². The van der Waals surface area contributed by atoms with Gasteiger partial charge in [-0.15, -0.1) is 0 Å². The Hall–Kier alpha value is -2.34. The predicted octanol–water partition coefficient (Wildman–Crippen LogP) is 1.84. The first-order valence-corrected chi connectivity index (χ1v) is 6.90. The number of nitrogens with one attached hydrogen (secondary N) is 2. The average Bonchev–Trinajstić information content (AvgIpc) is 2.86. The number of amides is 2. The van der Waals surface area contributed by atoms with Gasteiger partial charge in [0.2, 0.25) is 0 Å². The Labute approximate surface area is 123 Å². The zero-order valence-corrected chi connectivity index (χ0v) is 12.2. The van der Waals surface area contributed by atoms with Crippen LogP contribution in [0.4, 0.5) is 10.6 Å². The number of rotatable bonds is 5. The summed E-state index contributed by atoms with van der Waals surface area (Å²) in [4.78, 5) is 12.0. The molecule has 0 aliphatic heterocycles. The van der Waals surface area contributed by atoms with Crippen LogP contribution >= 0.6 is 0 Å². The van der Waals surface area contributed by atoms with Gasteiger partial charge in [0.25, 0.3) is 0 Å². The van der Waals surface area contributed by atoms with Gasteiger partial charge in [0.1, 0.15) is 5.82 Å². The fourth-order valence-corrected chi connectivity index (χ4v) is 2.05. The molecule has 2 aromatic rings. The molecule has 0 bridgehead atoms. The third-order valence-electron chi connectivity index (χ3n) is 3.22. The summed E-state index contributed by atoms with van der Waals surface area (Å²) < 4.78 is 1.62. The molecule has 1 heterocycles. The lowest BCUT2D eigenvalue weighted by atomic mass is 10.1. The molecule has 2 rings (SSSR count). The smallest absolute Gasteiger partial charge is 0.320 e. The number of aliphatic hydroxyl groups excluding tert-OH is 1. The molecule has 1 aromatic carbocycles. The lowest BCUT2D eigenvalue weighted by molar-refractivity contribution is 0.225. The fraction of sp³-hybridized carbons (Fsp3) is 0.333. The minimum atomic E-state index is -0.440. The minimum absolute atomic E-state index is 0.164. The van der Waals surface area contributed by atoms with Gasteiger partial charge in [-0.2, -0.15) is 5.10 Å². The van der Waals surface area contributed by atoms with Crippen LogP contribution in [0.5, 0.6) is 0 Å². The van der Waals surface area contributed by atoms with Gasteiger partial charge in [-0.3, -0.25) is 10.00 Å². The Morgan fingerprint density at radius 1 is 1.38 bits per heavy atom. The van der Waals surface area contributed by atoms with Gasteiger partial charge in [0, 0.05) is 13.1 Å². The van der Waals surface area contributed by atoms with Gasteiger partial charge in [-0.05, 0) is 12.0 Å². The van der Waals surface area contributed by atoms with Crippen LogP contribution in [-0.4, -0.2) is 27.5 Å². The number of benzene rings is 1. The van der Waals surface area contributed by atoms with Crippen LogP contribution in [0.15, 0.2) is 36.4 Å². The summed E-state index contributed by atoms with van der Waals surface area (Å²) in [6.45, 7) is 1.84. The summed E-state index contributed by atoms with van der Waals surface area (Å²) in [5.41, 5.74) is 1.77. The van der Waals surface area contributed by atoms with Gasteiger partial charge in [-0.1, -0.05) is 37.3 Å². The number of aryl methyl sites for hydroxylation is 2. The van der Waals surface area contributed by atoms with Crippen LogP contribution in [0.25, 0.3) is 0 Å². The molecule has 0 saturated heterocycles. The van der Waals surface area contributed by atoms with Crippen molar-refractivity contribution in [2.75, 3.05) is 11.9 Å². The quantitative estimate of drug-likeness (QED) is 0.785. The van der Waals surface area contributed by atoms with Crippen molar-refractivity contribution in [1.82, 2.24) is 15.1 Å². The molecule has 1 atom stereocenters. The highest BCUT2D eigenvalue weighted by Gasteiger charge is 2.14. The summed E-state index contributed by atoms with van der Waals surface area (Å²) in [5, 5.41) is 19.2. The molecule has 0 unspecified atom stereocenters. The largest absolute Gasteiger partial charge is 0.394 e. The molecule has 0 aliphatic carbocycles. The maximum absolute atomic E-state index is 12.0. The van der Waals surface area contributed by atoms with Gasteiger partial charge >= 0.3 is 6.03 Å². The van der Waals surface area contributed by atoms with Gasteiger partial charge < -0.3 is 10.4 Å². The number of aromatic nitrogens is 2. The van der Waals surface area contributed by atoms with Crippen LogP contribution in [0.3, 0.4) is 0 Å². The number of urea groups is 1. The molecular formula is C15H20N4O2. The number of aliphatic hydroxyl groups is 1. The minimum Gasteiger partial charge on any atom is -0.394 e. The molecule has 21 heavy (non-hydrogen) atoms. The second-order valence-corrected chi connectivity index (χ2v) is 4.74. The van der Waals surface area contributed by atoms with Gasteiger partial charge in [0.15, 0.2) is 0 Å². The Balaban J connectivity index is 2.01. The van der Waals surface area contributed by atoms with Crippen LogP contribution in [0.2, 0.25) is 0 Å². The molecule has 1 aromatic heterocycles. The highest BCUT2D eigenvalue weighted by molar-refractivity contribution is 5.88. The molecule has 0 saturated carbocycles. The van der Waals surface area contributed by atoms with E-state index < -0.39 is 6.04 Å². The maximum atomic E-state index is 12.0. The first-order valence-electron chi connectivity index (χ1n) is 6.90. The van der Waals surface area contributed by atoms with Crippen molar-refractivity contribution in [2.24, 2.45) is 7.05 Å². The van der Waals surface area contributed by atoms with E-state index in [1.807, 2.05) is 43.3 Å². The normalized spacial score (nSPS) is 12.0. The Kier molecular flexibility index (Phi) is 4.94. The zero-order valence-electron chi connectivity index (χ0n) is 12.2. The standard InChI is InChI=1S/C15H20N4O2/c1-3-12-9-14(19(2)18-12)17-15(21)16-13(10-20)11-7-5-4-6-8-11/h4-9,13,20H,3,10H2,1-2H3,(H2,16,17,21)/t13-/m1/s1. The number of carbonyl (C=O) groups excluding carboxylic acids is 1. The number of nitrogens with zero attached hydrogens (tertiary/aromatic N) is 2. The first-order chi connectivity index (χ1) is 10.1. The van der Waals surface area contributed by atoms with E-state index in [0.29, 0.717) is 5.82 Å². The Morgan fingerprint density at radius 3 is 2.67 bits per heavy atom. The molecule has 0 spiro atoms. The lowest BCUT2D eigenvalue weighted by Gasteiger charge is -2.17. The van der Waals surface area contributed by atoms with Crippen molar-refractivity contribution in [3.05, 3.63) is 47.7 Å². The highest BCUT2D eigenvalue weighted by atomic mass is 16.3. The molecule has 112 valence electrons. The lowest BCUT2D eigenvalue weighted by Crippen LogP contribution is -2.34. The van der Waals surface area contributed by atoms with Crippen molar-refractivity contribution >= 4 is 11.8 Å². The van der Waals surface area contributed by atoms with Crippen molar-refractivity contribution < 1.29 is 9.90 Å². The van der Waals surface area contributed by atoms with Crippen molar-refractivity contribution in [2.45, 2.75) is 19.4 Å². The van der Waals surface area contributed by atoms with E-state index >= 15 is 0 Å². The summed E-state index contributed by atoms with van der Waals surface area (Å²) in [6.07, 6.45) is 0.806. The molecule has 6 nitrogen and oxygen atoms in total. The van der Waals surface area contributed by atoms with Gasteiger partial charge in [-0.25, -0.2) is 4.79 Å². The highest BCUT2D eigenvalue weighted by Crippen LogP contribution is 2.13. The van der Waals surface area contributed by atoms with E-state index in [1.165, 1.54) is 0 Å². The van der Waals surface area contributed by atoms with E-state index in [2.05, 4.69) is 15.7 Å². The molecule has 0 fully saturated rings. The Morgan fingerprint density at radius 2 is 2.10 bits per heavy atom. The van der Waals surface area contributed by atoms with Crippen molar-refractivity contribution in [3.8, 4) is 0 Å². The van der Waals surface area contributed by atoms with E-state index in [-0.39, 0.29) is 12.6 Å². The summed E-state index contributed by atoms with van der Waals surface area (Å²) in [5.74, 6) is 0.620. The SMILES string of the molecule is CCc1cc(NC(=O)N[C@H](CO)c2ccccc2)n(C)n1. The zero-order chi connectivity index (χ0) is 15.2. The van der Waals surface area contributed by atoms with Crippen LogP contribution in [0.1, 0.15) is 24.2 Å². The van der Waals surface area contributed by atoms with Crippen LogP contribution in [0, 0.1) is 0 Å². The Bertz CT molecular complexity index is 595. The number of carbonyl (C=O) groups is 1. The molecule has 2 amide bonds. The monoisotopic (exact) mass is 288 g/mol. The second kappa shape index (κ2) is 6.90. The fourth-order valence-electron chi connectivity index (χ4n) is 2.05. The summed E-state index contributed by atoms with van der Waals surface area (Å²) in [7, 11) is 1.77. The number of hydrogen-bond acceptors (Lipinski definition) is 3. The number of anilines is 1. The van der Waals surface area contributed by atoms with E-state index in [4.69, 9.17) is 0 Å². The molecule has 6 heteroatoms.